The lowest BCUT2D eigenvalue weighted by Crippen LogP contribution is -3.16. The van der Waals surface area contributed by atoms with Gasteiger partial charge in [-0.1, -0.05) is 40.2 Å². The minimum atomic E-state index is -0.514. The summed E-state index contributed by atoms with van der Waals surface area (Å²) in [5.74, 6) is -0.634. The number of fused-ring (bicyclic) bond motifs is 2. The zero-order valence-corrected chi connectivity index (χ0v) is 17.9. The number of ether oxygens (including phenoxy) is 1. The number of anilines is 1. The minimum absolute atomic E-state index is 0.120. The highest BCUT2D eigenvalue weighted by Crippen LogP contribution is 2.31. The van der Waals surface area contributed by atoms with Gasteiger partial charge in [-0.2, -0.15) is 0 Å². The molecule has 1 aliphatic rings. The Kier molecular flexibility index (Phi) is 5.43. The van der Waals surface area contributed by atoms with Crippen molar-refractivity contribution in [1.29, 1.82) is 0 Å². The van der Waals surface area contributed by atoms with Gasteiger partial charge < -0.3 is 19.9 Å². The number of methoxy groups -OCH3 is 1. The summed E-state index contributed by atoms with van der Waals surface area (Å²) < 4.78 is 5.76. The lowest BCUT2D eigenvalue weighted by atomic mass is 9.98. The molecule has 2 aromatic carbocycles. The number of H-pyrrole nitrogens is 1. The van der Waals surface area contributed by atoms with Gasteiger partial charge in [-0.05, 0) is 30.7 Å². The van der Waals surface area contributed by atoms with Gasteiger partial charge in [0.05, 0.1) is 19.3 Å². The number of aromatic nitrogens is 1. The van der Waals surface area contributed by atoms with Crippen molar-refractivity contribution in [1.82, 2.24) is 4.98 Å². The number of aromatic amines is 1. The van der Waals surface area contributed by atoms with Crippen molar-refractivity contribution in [2.24, 2.45) is 0 Å². The molecule has 0 saturated carbocycles. The zero-order valence-electron chi connectivity index (χ0n) is 16.3. The fourth-order valence-electron chi connectivity index (χ4n) is 3.94. The molecule has 0 spiro atoms. The highest BCUT2D eigenvalue weighted by atomic mass is 79.9. The molecule has 29 heavy (non-hydrogen) atoms. The van der Waals surface area contributed by atoms with Gasteiger partial charge in [0, 0.05) is 27.4 Å². The standard InChI is InChI=1S/C22H22BrN3O3/c1-13(26-10-9-14-5-3-4-6-15(14)12-26)21(27)25-19-17-11-16(23)7-8-18(17)24-20(19)22(28)29-2/h3-8,11,13,24H,9-10,12H2,1-2H3,(H,25,27)/p+1/t13-/m0/s1. The molecule has 3 N–H and O–H groups in total. The third-order valence-corrected chi connectivity index (χ3v) is 6.15. The number of nitrogens with one attached hydrogen (secondary N) is 3. The van der Waals surface area contributed by atoms with Crippen molar-refractivity contribution in [2.45, 2.75) is 25.9 Å². The highest BCUT2D eigenvalue weighted by molar-refractivity contribution is 9.10. The molecule has 1 amide bonds. The van der Waals surface area contributed by atoms with E-state index in [1.807, 2.05) is 31.2 Å². The van der Waals surface area contributed by atoms with Crippen LogP contribution < -0.4 is 10.2 Å². The van der Waals surface area contributed by atoms with E-state index in [0.717, 1.165) is 34.9 Å². The molecule has 7 heteroatoms. The Morgan fingerprint density at radius 2 is 1.97 bits per heavy atom. The number of hydrogen-bond donors (Lipinski definition) is 3. The van der Waals surface area contributed by atoms with Crippen molar-refractivity contribution < 1.29 is 19.2 Å². The van der Waals surface area contributed by atoms with Crippen LogP contribution in [0.4, 0.5) is 5.69 Å². The molecule has 1 aromatic heterocycles. The molecule has 0 fully saturated rings. The number of amides is 1. The van der Waals surface area contributed by atoms with Gasteiger partial charge in [0.2, 0.25) is 0 Å². The van der Waals surface area contributed by atoms with E-state index in [2.05, 4.69) is 44.4 Å². The van der Waals surface area contributed by atoms with Crippen LogP contribution in [0.5, 0.6) is 0 Å². The number of rotatable bonds is 4. The Bertz CT molecular complexity index is 1090. The van der Waals surface area contributed by atoms with Crippen molar-refractivity contribution >= 4 is 44.4 Å². The summed E-state index contributed by atoms with van der Waals surface area (Å²) in [6, 6.07) is 13.7. The molecule has 2 atom stereocenters. The van der Waals surface area contributed by atoms with Crippen LogP contribution in [0.2, 0.25) is 0 Å². The second kappa shape index (κ2) is 8.00. The lowest BCUT2D eigenvalue weighted by molar-refractivity contribution is -0.929. The summed E-state index contributed by atoms with van der Waals surface area (Å²) in [5.41, 5.74) is 4.12. The molecule has 1 unspecified atom stereocenters. The third kappa shape index (κ3) is 3.80. The monoisotopic (exact) mass is 456 g/mol. The van der Waals surface area contributed by atoms with Crippen LogP contribution >= 0.6 is 15.9 Å². The van der Waals surface area contributed by atoms with Crippen LogP contribution in [0.1, 0.15) is 28.5 Å². The van der Waals surface area contributed by atoms with Crippen LogP contribution in [0.3, 0.4) is 0 Å². The van der Waals surface area contributed by atoms with E-state index in [4.69, 9.17) is 4.74 Å². The molecule has 4 rings (SSSR count). The van der Waals surface area contributed by atoms with Gasteiger partial charge in [0.25, 0.3) is 5.91 Å². The Hall–Kier alpha value is -2.64. The number of esters is 1. The summed E-state index contributed by atoms with van der Waals surface area (Å²) in [7, 11) is 1.33. The zero-order chi connectivity index (χ0) is 20.5. The van der Waals surface area contributed by atoms with Gasteiger partial charge in [-0.3, -0.25) is 4.79 Å². The van der Waals surface area contributed by atoms with E-state index in [-0.39, 0.29) is 17.6 Å². The van der Waals surface area contributed by atoms with Crippen molar-refractivity contribution in [3.05, 3.63) is 63.8 Å². The topological polar surface area (TPSA) is 75.6 Å². The molecule has 2 heterocycles. The number of carbonyl (C=O) groups excluding carboxylic acids is 2. The third-order valence-electron chi connectivity index (χ3n) is 5.66. The van der Waals surface area contributed by atoms with E-state index in [1.165, 1.54) is 23.1 Å². The predicted octanol–water partition coefficient (Wildman–Crippen LogP) is 2.69. The molecule has 6 nitrogen and oxygen atoms in total. The van der Waals surface area contributed by atoms with Crippen LogP contribution in [-0.4, -0.2) is 36.6 Å². The first-order chi connectivity index (χ1) is 14.0. The molecule has 3 aromatic rings. The predicted molar refractivity (Wildman–Crippen MR) is 115 cm³/mol. The van der Waals surface area contributed by atoms with Crippen molar-refractivity contribution in [3.8, 4) is 0 Å². The Morgan fingerprint density at radius 1 is 1.21 bits per heavy atom. The van der Waals surface area contributed by atoms with Gasteiger partial charge in [-0.15, -0.1) is 0 Å². The van der Waals surface area contributed by atoms with E-state index < -0.39 is 5.97 Å². The summed E-state index contributed by atoms with van der Waals surface area (Å²) in [4.78, 5) is 29.6. The van der Waals surface area contributed by atoms with E-state index in [0.29, 0.717) is 5.69 Å². The number of quaternary nitrogens is 1. The SMILES string of the molecule is COC(=O)c1[nH]c2ccc(Br)cc2c1NC(=O)[C@H](C)[NH+]1CCc2ccccc2C1. The average Bonchev–Trinajstić information content (AvgIpc) is 3.09. The van der Waals surface area contributed by atoms with Gasteiger partial charge in [0.1, 0.15) is 12.2 Å². The molecule has 0 aliphatic carbocycles. The van der Waals surface area contributed by atoms with Gasteiger partial charge >= 0.3 is 5.97 Å². The lowest BCUT2D eigenvalue weighted by Gasteiger charge is -2.30. The second-order valence-electron chi connectivity index (χ2n) is 7.37. The maximum atomic E-state index is 13.1. The second-order valence-corrected chi connectivity index (χ2v) is 8.29. The van der Waals surface area contributed by atoms with E-state index in [1.54, 1.807) is 0 Å². The fraction of sp³-hybridized carbons (Fsp3) is 0.273. The molecule has 1 aliphatic heterocycles. The molecular weight excluding hydrogens is 434 g/mol. The minimum Gasteiger partial charge on any atom is -0.464 e. The first-order valence-electron chi connectivity index (χ1n) is 9.59. The average molecular weight is 457 g/mol. The van der Waals surface area contributed by atoms with E-state index >= 15 is 0 Å². The normalized spacial score (nSPS) is 16.9. The molecular formula is C22H23BrN3O3+. The van der Waals surface area contributed by atoms with Gasteiger partial charge in [0.15, 0.2) is 6.04 Å². The number of carbonyl (C=O) groups is 2. The maximum absolute atomic E-state index is 13.1. The van der Waals surface area contributed by atoms with Crippen LogP contribution in [-0.2, 0) is 22.5 Å². The molecule has 150 valence electrons. The largest absolute Gasteiger partial charge is 0.464 e. The number of hydrogen-bond acceptors (Lipinski definition) is 3. The Morgan fingerprint density at radius 3 is 2.72 bits per heavy atom. The van der Waals surface area contributed by atoms with E-state index in [9.17, 15) is 9.59 Å². The van der Waals surface area contributed by atoms with Crippen molar-refractivity contribution in [2.75, 3.05) is 19.0 Å². The van der Waals surface area contributed by atoms with Gasteiger partial charge in [-0.25, -0.2) is 4.79 Å². The quantitative estimate of drug-likeness (QED) is 0.528. The summed E-state index contributed by atoms with van der Waals surface area (Å²) in [6.45, 7) is 3.64. The number of benzene rings is 2. The fourth-order valence-corrected chi connectivity index (χ4v) is 4.30. The number of halogens is 1. The molecule has 0 radical (unpaired) electrons. The summed E-state index contributed by atoms with van der Waals surface area (Å²) in [6.07, 6.45) is 0.955. The van der Waals surface area contributed by atoms with Crippen LogP contribution in [0, 0.1) is 0 Å². The summed E-state index contributed by atoms with van der Waals surface area (Å²) >= 11 is 3.46. The molecule has 0 bridgehead atoms. The smallest absolute Gasteiger partial charge is 0.356 e. The molecule has 0 saturated heterocycles. The Balaban J connectivity index is 1.60. The first-order valence-corrected chi connectivity index (χ1v) is 10.4. The van der Waals surface area contributed by atoms with Crippen LogP contribution in [0.15, 0.2) is 46.9 Å². The maximum Gasteiger partial charge on any atom is 0.356 e. The highest BCUT2D eigenvalue weighted by Gasteiger charge is 2.30. The first kappa shape index (κ1) is 19.7. The van der Waals surface area contributed by atoms with Crippen LogP contribution in [0.25, 0.3) is 10.9 Å². The summed E-state index contributed by atoms with van der Waals surface area (Å²) in [5, 5.41) is 3.75. The Labute approximate surface area is 177 Å². The van der Waals surface area contributed by atoms with Crippen molar-refractivity contribution in [3.63, 3.8) is 0 Å².